The molecule has 0 saturated heterocycles. The lowest BCUT2D eigenvalue weighted by Gasteiger charge is -2.26. The number of aromatic nitrogens is 1. The Morgan fingerprint density at radius 1 is 0.286 bits per heavy atom. The molecule has 0 aliphatic carbocycles. The van der Waals surface area contributed by atoms with Crippen LogP contribution in [0.25, 0.3) is 93.9 Å². The molecule has 2 heterocycles. The normalized spacial score (nSPS) is 11.5. The Hall–Kier alpha value is -8.40. The van der Waals surface area contributed by atoms with Crippen LogP contribution in [0.2, 0.25) is 0 Å². The SMILES string of the molecule is c1ccc(-c2ccc(N(c3ccc(-c4ccccc4)cc3)c3ccc(-c4cccc5c4oc4c(-c6ccc7c(c6)c6ccccc6n7-c6ccccc6)cccc45)cc3)cc2)cc1. The average Bonchev–Trinajstić information content (AvgIpc) is 3.91. The Balaban J connectivity index is 0.932. The summed E-state index contributed by atoms with van der Waals surface area (Å²) in [6.45, 7) is 0. The summed E-state index contributed by atoms with van der Waals surface area (Å²) in [5.41, 5.74) is 17.7. The molecule has 0 bridgehead atoms. The first-order valence-corrected chi connectivity index (χ1v) is 21.5. The summed E-state index contributed by atoms with van der Waals surface area (Å²) in [5.74, 6) is 0. The molecule has 0 aliphatic heterocycles. The van der Waals surface area contributed by atoms with E-state index in [2.05, 4.69) is 252 Å². The van der Waals surface area contributed by atoms with Gasteiger partial charge in [-0.05, 0) is 100 Å². The Morgan fingerprint density at radius 2 is 0.698 bits per heavy atom. The number of nitrogens with zero attached hydrogens (tertiary/aromatic N) is 2. The predicted octanol–water partition coefficient (Wildman–Crippen LogP) is 16.8. The van der Waals surface area contributed by atoms with E-state index in [1.54, 1.807) is 0 Å². The second-order valence-electron chi connectivity index (χ2n) is 16.1. The third-order valence-corrected chi connectivity index (χ3v) is 12.4. The Morgan fingerprint density at radius 3 is 1.25 bits per heavy atom. The first-order valence-electron chi connectivity index (χ1n) is 21.5. The molecule has 2 aromatic heterocycles. The number of hydrogen-bond acceptors (Lipinski definition) is 2. The highest BCUT2D eigenvalue weighted by Gasteiger charge is 2.19. The van der Waals surface area contributed by atoms with Gasteiger partial charge in [0.05, 0.1) is 11.0 Å². The Labute approximate surface area is 366 Å². The van der Waals surface area contributed by atoms with Crippen molar-refractivity contribution in [1.82, 2.24) is 4.57 Å². The number of hydrogen-bond donors (Lipinski definition) is 0. The molecule has 12 aromatic rings. The topological polar surface area (TPSA) is 21.3 Å². The fourth-order valence-corrected chi connectivity index (χ4v) is 9.37. The van der Waals surface area contributed by atoms with Gasteiger partial charge in [-0.3, -0.25) is 0 Å². The molecule has 3 nitrogen and oxygen atoms in total. The molecule has 0 aliphatic rings. The van der Waals surface area contributed by atoms with Gasteiger partial charge in [0.1, 0.15) is 11.2 Å². The smallest absolute Gasteiger partial charge is 0.143 e. The molecule has 296 valence electrons. The van der Waals surface area contributed by atoms with Gasteiger partial charge in [-0.25, -0.2) is 0 Å². The van der Waals surface area contributed by atoms with Gasteiger partial charge in [0.2, 0.25) is 0 Å². The number of benzene rings is 10. The molecular formula is C60H40N2O. The molecule has 10 aromatic carbocycles. The minimum Gasteiger partial charge on any atom is -0.455 e. The average molecular weight is 805 g/mol. The van der Waals surface area contributed by atoms with Gasteiger partial charge in [0.25, 0.3) is 0 Å². The lowest BCUT2D eigenvalue weighted by molar-refractivity contribution is 0.671. The summed E-state index contributed by atoms with van der Waals surface area (Å²) in [4.78, 5) is 2.33. The summed E-state index contributed by atoms with van der Waals surface area (Å²) in [7, 11) is 0. The van der Waals surface area contributed by atoms with E-state index in [1.807, 2.05) is 0 Å². The van der Waals surface area contributed by atoms with E-state index in [1.165, 1.54) is 44.1 Å². The maximum absolute atomic E-state index is 6.99. The highest BCUT2D eigenvalue weighted by Crippen LogP contribution is 2.43. The molecule has 0 unspecified atom stereocenters. The van der Waals surface area contributed by atoms with E-state index in [-0.39, 0.29) is 0 Å². The number of furan rings is 1. The van der Waals surface area contributed by atoms with Gasteiger partial charge in [0.15, 0.2) is 0 Å². The van der Waals surface area contributed by atoms with Crippen molar-refractivity contribution >= 4 is 60.8 Å². The first-order chi connectivity index (χ1) is 31.2. The summed E-state index contributed by atoms with van der Waals surface area (Å²) in [6, 6.07) is 86.8. The van der Waals surface area contributed by atoms with Crippen molar-refractivity contribution in [2.45, 2.75) is 0 Å². The van der Waals surface area contributed by atoms with Crippen LogP contribution in [0.15, 0.2) is 247 Å². The molecule has 3 heteroatoms. The third-order valence-electron chi connectivity index (χ3n) is 12.4. The quantitative estimate of drug-likeness (QED) is 0.153. The van der Waals surface area contributed by atoms with Gasteiger partial charge < -0.3 is 13.9 Å². The van der Waals surface area contributed by atoms with Crippen molar-refractivity contribution in [3.8, 4) is 50.2 Å². The second-order valence-corrected chi connectivity index (χ2v) is 16.1. The molecular weight excluding hydrogens is 765 g/mol. The monoisotopic (exact) mass is 804 g/mol. The zero-order valence-electron chi connectivity index (χ0n) is 34.4. The van der Waals surface area contributed by atoms with Gasteiger partial charge in [-0.15, -0.1) is 0 Å². The molecule has 0 fully saturated rings. The summed E-state index contributed by atoms with van der Waals surface area (Å²) in [6.07, 6.45) is 0. The molecule has 0 atom stereocenters. The van der Waals surface area contributed by atoms with Crippen molar-refractivity contribution in [3.63, 3.8) is 0 Å². The van der Waals surface area contributed by atoms with Crippen LogP contribution >= 0.6 is 0 Å². The van der Waals surface area contributed by atoms with Crippen molar-refractivity contribution in [2.24, 2.45) is 0 Å². The lowest BCUT2D eigenvalue weighted by Crippen LogP contribution is -2.09. The summed E-state index contributed by atoms with van der Waals surface area (Å²) in [5, 5.41) is 4.66. The maximum Gasteiger partial charge on any atom is 0.143 e. The van der Waals surface area contributed by atoms with Gasteiger partial charge in [0, 0.05) is 55.4 Å². The zero-order valence-corrected chi connectivity index (χ0v) is 34.4. The van der Waals surface area contributed by atoms with Gasteiger partial charge in [-0.1, -0.05) is 176 Å². The van der Waals surface area contributed by atoms with Crippen LogP contribution in [0, 0.1) is 0 Å². The van der Waals surface area contributed by atoms with Crippen LogP contribution in [-0.4, -0.2) is 4.57 Å². The number of rotatable bonds is 8. The van der Waals surface area contributed by atoms with E-state index < -0.39 is 0 Å². The molecule has 0 N–H and O–H groups in total. The van der Waals surface area contributed by atoms with Crippen LogP contribution < -0.4 is 4.90 Å². The van der Waals surface area contributed by atoms with Crippen LogP contribution in [0.5, 0.6) is 0 Å². The molecule has 12 rings (SSSR count). The summed E-state index contributed by atoms with van der Waals surface area (Å²) < 4.78 is 9.35. The van der Waals surface area contributed by atoms with E-state index in [4.69, 9.17) is 4.42 Å². The van der Waals surface area contributed by atoms with Crippen molar-refractivity contribution in [3.05, 3.63) is 243 Å². The fourth-order valence-electron chi connectivity index (χ4n) is 9.37. The first kappa shape index (κ1) is 36.5. The molecule has 63 heavy (non-hydrogen) atoms. The number of fused-ring (bicyclic) bond motifs is 6. The van der Waals surface area contributed by atoms with Crippen molar-refractivity contribution < 1.29 is 4.42 Å². The highest BCUT2D eigenvalue weighted by atomic mass is 16.3. The number of anilines is 3. The molecule has 0 spiro atoms. The largest absolute Gasteiger partial charge is 0.455 e. The van der Waals surface area contributed by atoms with E-state index >= 15 is 0 Å². The van der Waals surface area contributed by atoms with Crippen LogP contribution in [-0.2, 0) is 0 Å². The van der Waals surface area contributed by atoms with Gasteiger partial charge in [-0.2, -0.15) is 0 Å². The number of para-hydroxylation sites is 4. The van der Waals surface area contributed by atoms with E-state index in [0.29, 0.717) is 0 Å². The van der Waals surface area contributed by atoms with Gasteiger partial charge >= 0.3 is 0 Å². The minimum absolute atomic E-state index is 0.888. The van der Waals surface area contributed by atoms with Crippen molar-refractivity contribution in [1.29, 1.82) is 0 Å². The standard InChI is InChI=1S/C60H40N2O/c1-4-14-41(15-5-1)43-26-33-48(34-27-43)61(49-35-28-44(29-36-49)42-16-6-2-7-17-42)50-37-30-45(31-38-50)51-21-12-23-54-55-24-13-22-52(60(55)63-59(51)54)46-32-39-58-56(40-46)53-20-10-11-25-57(53)62(58)47-18-8-3-9-19-47/h1-40H. The van der Waals surface area contributed by atoms with Crippen LogP contribution in [0.4, 0.5) is 17.1 Å². The Kier molecular flexibility index (Phi) is 8.83. The maximum atomic E-state index is 6.99. The zero-order chi connectivity index (χ0) is 41.7. The fraction of sp³-hybridized carbons (Fsp3) is 0. The predicted molar refractivity (Wildman–Crippen MR) is 264 cm³/mol. The van der Waals surface area contributed by atoms with Crippen LogP contribution in [0.1, 0.15) is 0 Å². The molecule has 0 amide bonds. The minimum atomic E-state index is 0.888. The van der Waals surface area contributed by atoms with Crippen molar-refractivity contribution in [2.75, 3.05) is 4.90 Å². The van der Waals surface area contributed by atoms with E-state index in [0.717, 1.165) is 66.9 Å². The Bertz CT molecular complexity index is 3490. The molecule has 0 radical (unpaired) electrons. The van der Waals surface area contributed by atoms with Crippen LogP contribution in [0.3, 0.4) is 0 Å². The second kappa shape index (κ2) is 15.3. The lowest BCUT2D eigenvalue weighted by atomic mass is 9.99. The van der Waals surface area contributed by atoms with E-state index in [9.17, 15) is 0 Å². The third kappa shape index (κ3) is 6.38. The summed E-state index contributed by atoms with van der Waals surface area (Å²) >= 11 is 0. The molecule has 0 saturated carbocycles. The highest BCUT2D eigenvalue weighted by molar-refractivity contribution is 6.15.